The Morgan fingerprint density at radius 3 is 2.44 bits per heavy atom. The molecule has 180 valence electrons. The van der Waals surface area contributed by atoms with E-state index in [0.717, 1.165) is 5.75 Å². The number of benzene rings is 2. The van der Waals surface area contributed by atoms with Crippen molar-refractivity contribution in [3.8, 4) is 5.75 Å². The lowest BCUT2D eigenvalue weighted by atomic mass is 10.0. The molecule has 0 atom stereocenters. The molecule has 0 radical (unpaired) electrons. The summed E-state index contributed by atoms with van der Waals surface area (Å²) in [5.74, 6) is 1.16. The first kappa shape index (κ1) is 23.9. The number of urea groups is 1. The zero-order valence-corrected chi connectivity index (χ0v) is 20.2. The molecule has 0 unspecified atom stereocenters. The normalized spacial score (nSPS) is 16.9. The number of amides is 3. The van der Waals surface area contributed by atoms with Crippen molar-refractivity contribution in [3.63, 3.8) is 0 Å². The Morgan fingerprint density at radius 2 is 1.76 bits per heavy atom. The van der Waals surface area contributed by atoms with E-state index in [4.69, 9.17) is 9.47 Å². The van der Waals surface area contributed by atoms with Gasteiger partial charge in [0, 0.05) is 36.6 Å². The van der Waals surface area contributed by atoms with Crippen LogP contribution in [0.15, 0.2) is 48.5 Å². The molecule has 2 aromatic carbocycles. The summed E-state index contributed by atoms with van der Waals surface area (Å²) in [5.41, 5.74) is 1.68. The third-order valence-corrected chi connectivity index (χ3v) is 7.77. The first-order chi connectivity index (χ1) is 16.5. The number of nitrogens with one attached hydrogen (secondary N) is 1. The average Bonchev–Trinajstić information content (AvgIpc) is 3.27. The van der Waals surface area contributed by atoms with E-state index >= 15 is 0 Å². The number of ether oxygens (including phenoxy) is 2. The van der Waals surface area contributed by atoms with Gasteiger partial charge in [0.05, 0.1) is 24.2 Å². The summed E-state index contributed by atoms with van der Waals surface area (Å²) in [6.07, 6.45) is 1.42. The maximum absolute atomic E-state index is 13.3. The number of methoxy groups -OCH3 is 1. The fraction of sp³-hybridized carbons (Fsp3) is 0.400. The van der Waals surface area contributed by atoms with E-state index < -0.39 is 0 Å². The van der Waals surface area contributed by atoms with Crippen molar-refractivity contribution in [2.75, 3.05) is 44.4 Å². The topological polar surface area (TPSA) is 88.2 Å². The lowest BCUT2D eigenvalue weighted by Gasteiger charge is -2.44. The molecule has 0 aliphatic carbocycles. The quantitative estimate of drug-likeness (QED) is 0.645. The summed E-state index contributed by atoms with van der Waals surface area (Å²) in [6.45, 7) is 3.88. The number of rotatable bonds is 5. The standard InChI is InChI=1S/C25H29N3O5S/c1-3-33-23(30)18-7-9-20(10-8-18)26-24(31)27-13-11-25(12-14-27)28(15-16-34-25)22(29)19-5-4-6-21(17-19)32-2/h4-10,17H,3,11-16H2,1-2H3,(H,26,31). The highest BCUT2D eigenvalue weighted by Gasteiger charge is 2.47. The van der Waals surface area contributed by atoms with E-state index in [0.29, 0.717) is 61.6 Å². The predicted octanol–water partition coefficient (Wildman–Crippen LogP) is 4.09. The number of carbonyl (C=O) groups excluding carboxylic acids is 3. The predicted molar refractivity (Wildman–Crippen MR) is 131 cm³/mol. The second kappa shape index (κ2) is 10.4. The van der Waals surface area contributed by atoms with Crippen molar-refractivity contribution in [1.82, 2.24) is 9.80 Å². The third kappa shape index (κ3) is 4.99. The van der Waals surface area contributed by atoms with Crippen molar-refractivity contribution in [2.45, 2.75) is 24.6 Å². The van der Waals surface area contributed by atoms with Crippen LogP contribution in [0.5, 0.6) is 5.75 Å². The van der Waals surface area contributed by atoms with E-state index in [1.807, 2.05) is 23.1 Å². The molecule has 3 amide bonds. The highest BCUT2D eigenvalue weighted by Crippen LogP contribution is 2.44. The Morgan fingerprint density at radius 1 is 1.03 bits per heavy atom. The largest absolute Gasteiger partial charge is 0.497 e. The highest BCUT2D eigenvalue weighted by molar-refractivity contribution is 8.00. The minimum Gasteiger partial charge on any atom is -0.497 e. The number of nitrogens with zero attached hydrogens (tertiary/aromatic N) is 2. The molecule has 2 fully saturated rings. The van der Waals surface area contributed by atoms with Gasteiger partial charge in [-0.25, -0.2) is 9.59 Å². The Balaban J connectivity index is 1.36. The van der Waals surface area contributed by atoms with Gasteiger partial charge in [-0.3, -0.25) is 4.79 Å². The molecule has 9 heteroatoms. The number of hydrogen-bond acceptors (Lipinski definition) is 6. The van der Waals surface area contributed by atoms with Gasteiger partial charge in [0.15, 0.2) is 0 Å². The lowest BCUT2D eigenvalue weighted by molar-refractivity contribution is 0.0525. The molecule has 1 N–H and O–H groups in total. The Bertz CT molecular complexity index is 1050. The molecule has 2 saturated heterocycles. The van der Waals surface area contributed by atoms with Crippen LogP contribution in [0.3, 0.4) is 0 Å². The summed E-state index contributed by atoms with van der Waals surface area (Å²) in [4.78, 5) is 41.4. The number of esters is 1. The molecule has 0 aromatic heterocycles. The van der Waals surface area contributed by atoms with Gasteiger partial charge >= 0.3 is 12.0 Å². The van der Waals surface area contributed by atoms with Gasteiger partial charge in [-0.05, 0) is 62.2 Å². The van der Waals surface area contributed by atoms with Crippen LogP contribution in [0.1, 0.15) is 40.5 Å². The van der Waals surface area contributed by atoms with E-state index in [9.17, 15) is 14.4 Å². The average molecular weight is 484 g/mol. The fourth-order valence-electron chi connectivity index (χ4n) is 4.39. The highest BCUT2D eigenvalue weighted by atomic mass is 32.2. The molecular formula is C25H29N3O5S. The number of thioether (sulfide) groups is 1. The number of piperidine rings is 1. The van der Waals surface area contributed by atoms with Gasteiger partial charge in [-0.1, -0.05) is 6.07 Å². The molecule has 0 bridgehead atoms. The molecular weight excluding hydrogens is 454 g/mol. The van der Waals surface area contributed by atoms with Gasteiger partial charge in [-0.2, -0.15) is 0 Å². The monoisotopic (exact) mass is 483 g/mol. The minimum atomic E-state index is -0.385. The maximum Gasteiger partial charge on any atom is 0.338 e. The van der Waals surface area contributed by atoms with Gasteiger partial charge in [0.2, 0.25) is 0 Å². The van der Waals surface area contributed by atoms with E-state index in [-0.39, 0.29) is 22.8 Å². The molecule has 8 nitrogen and oxygen atoms in total. The maximum atomic E-state index is 13.3. The van der Waals surface area contributed by atoms with Crippen LogP contribution in [-0.4, -0.2) is 71.7 Å². The fourth-order valence-corrected chi connectivity index (χ4v) is 5.84. The zero-order valence-electron chi connectivity index (χ0n) is 19.4. The van der Waals surface area contributed by atoms with Crippen molar-refractivity contribution in [1.29, 1.82) is 0 Å². The number of carbonyl (C=O) groups is 3. The van der Waals surface area contributed by atoms with Gasteiger partial charge in [0.1, 0.15) is 5.75 Å². The van der Waals surface area contributed by atoms with Crippen LogP contribution < -0.4 is 10.1 Å². The number of likely N-dealkylation sites (tertiary alicyclic amines) is 1. The van der Waals surface area contributed by atoms with Crippen LogP contribution in [0.4, 0.5) is 10.5 Å². The van der Waals surface area contributed by atoms with Gasteiger partial charge in [-0.15, -0.1) is 11.8 Å². The van der Waals surface area contributed by atoms with Crippen LogP contribution in [0.25, 0.3) is 0 Å². The first-order valence-corrected chi connectivity index (χ1v) is 12.4. The SMILES string of the molecule is CCOC(=O)c1ccc(NC(=O)N2CCC3(CC2)SCCN3C(=O)c2cccc(OC)c2)cc1. The Kier molecular flexibility index (Phi) is 7.31. The molecule has 2 aliphatic rings. The second-order valence-electron chi connectivity index (χ2n) is 8.20. The third-order valence-electron chi connectivity index (χ3n) is 6.22. The molecule has 2 heterocycles. The van der Waals surface area contributed by atoms with E-state index in [1.165, 1.54) is 0 Å². The van der Waals surface area contributed by atoms with Crippen LogP contribution in [0.2, 0.25) is 0 Å². The summed E-state index contributed by atoms with van der Waals surface area (Å²) < 4.78 is 10.3. The summed E-state index contributed by atoms with van der Waals surface area (Å²) in [5, 5.41) is 2.89. The smallest absolute Gasteiger partial charge is 0.338 e. The number of hydrogen-bond donors (Lipinski definition) is 1. The zero-order chi connectivity index (χ0) is 24.1. The lowest BCUT2D eigenvalue weighted by Crippen LogP contribution is -2.54. The number of anilines is 1. The Labute approximate surface area is 203 Å². The summed E-state index contributed by atoms with van der Waals surface area (Å²) in [7, 11) is 1.59. The molecule has 34 heavy (non-hydrogen) atoms. The molecule has 2 aromatic rings. The molecule has 2 aliphatic heterocycles. The van der Waals surface area contributed by atoms with Gasteiger partial charge < -0.3 is 24.6 Å². The van der Waals surface area contributed by atoms with Crippen molar-refractivity contribution in [3.05, 3.63) is 59.7 Å². The molecule has 1 spiro atoms. The van der Waals surface area contributed by atoms with Crippen LogP contribution in [0, 0.1) is 0 Å². The van der Waals surface area contributed by atoms with E-state index in [1.54, 1.807) is 61.0 Å². The van der Waals surface area contributed by atoms with E-state index in [2.05, 4.69) is 5.32 Å². The molecule has 0 saturated carbocycles. The first-order valence-electron chi connectivity index (χ1n) is 11.4. The van der Waals surface area contributed by atoms with Crippen molar-refractivity contribution < 1.29 is 23.9 Å². The van der Waals surface area contributed by atoms with Crippen LogP contribution >= 0.6 is 11.8 Å². The summed E-state index contributed by atoms with van der Waals surface area (Å²) >= 11 is 1.80. The Hall–Kier alpha value is -3.20. The van der Waals surface area contributed by atoms with Crippen molar-refractivity contribution >= 4 is 35.4 Å². The minimum absolute atomic E-state index is 0.00323. The van der Waals surface area contributed by atoms with Crippen molar-refractivity contribution in [2.24, 2.45) is 0 Å². The summed E-state index contributed by atoms with van der Waals surface area (Å²) in [6, 6.07) is 13.7. The molecule has 4 rings (SSSR count). The second-order valence-corrected chi connectivity index (χ2v) is 9.66. The van der Waals surface area contributed by atoms with Gasteiger partial charge in [0.25, 0.3) is 5.91 Å². The van der Waals surface area contributed by atoms with Crippen LogP contribution in [-0.2, 0) is 4.74 Å².